The van der Waals surface area contributed by atoms with Gasteiger partial charge in [-0.3, -0.25) is 0 Å². The molecule has 0 radical (unpaired) electrons. The molecule has 0 fully saturated rings. The van der Waals surface area contributed by atoms with Gasteiger partial charge < -0.3 is 9.73 Å². The summed E-state index contributed by atoms with van der Waals surface area (Å²) in [6.07, 6.45) is 3.88. The third-order valence-electron chi connectivity index (χ3n) is 3.13. The Morgan fingerprint density at radius 1 is 1.21 bits per heavy atom. The number of rotatable bonds is 6. The van der Waals surface area contributed by atoms with Gasteiger partial charge in [0.1, 0.15) is 17.4 Å². The molecule has 4 heteroatoms. The number of aryl methyl sites for hydroxylation is 1. The Hall–Kier alpha value is -1.68. The molecule has 102 valence electrons. The highest BCUT2D eigenvalue weighted by Gasteiger charge is 2.10. The molecule has 1 N–H and O–H groups in total. The maximum Gasteiger partial charge on any atom is 0.126 e. The van der Waals surface area contributed by atoms with Gasteiger partial charge in [0.15, 0.2) is 0 Å². The summed E-state index contributed by atoms with van der Waals surface area (Å²) in [6.45, 7) is 0. The first kappa shape index (κ1) is 13.7. The van der Waals surface area contributed by atoms with Crippen molar-refractivity contribution in [3.63, 3.8) is 0 Å². The summed E-state index contributed by atoms with van der Waals surface area (Å²) < 4.78 is 31.5. The van der Waals surface area contributed by atoms with Crippen molar-refractivity contribution in [2.24, 2.45) is 0 Å². The van der Waals surface area contributed by atoms with Crippen LogP contribution in [0.15, 0.2) is 41.0 Å². The van der Waals surface area contributed by atoms with E-state index in [0.29, 0.717) is 12.0 Å². The molecule has 0 aliphatic carbocycles. The van der Waals surface area contributed by atoms with E-state index in [4.69, 9.17) is 4.42 Å². The van der Waals surface area contributed by atoms with Crippen LogP contribution in [0.2, 0.25) is 0 Å². The first-order valence-corrected chi connectivity index (χ1v) is 6.32. The molecule has 0 amide bonds. The zero-order chi connectivity index (χ0) is 13.7. The number of halogens is 2. The Morgan fingerprint density at radius 3 is 2.53 bits per heavy atom. The van der Waals surface area contributed by atoms with E-state index < -0.39 is 11.6 Å². The van der Waals surface area contributed by atoms with Crippen LogP contribution >= 0.6 is 0 Å². The third-order valence-corrected chi connectivity index (χ3v) is 3.13. The van der Waals surface area contributed by atoms with Crippen LogP contribution in [0.25, 0.3) is 0 Å². The van der Waals surface area contributed by atoms with Crippen molar-refractivity contribution in [2.45, 2.75) is 25.3 Å². The predicted molar refractivity (Wildman–Crippen MR) is 69.9 cm³/mol. The smallest absolute Gasteiger partial charge is 0.126 e. The molecule has 2 nitrogen and oxygen atoms in total. The van der Waals surface area contributed by atoms with Crippen LogP contribution in [0.3, 0.4) is 0 Å². The van der Waals surface area contributed by atoms with E-state index in [1.54, 1.807) is 6.26 Å². The van der Waals surface area contributed by atoms with Gasteiger partial charge in [-0.05, 0) is 49.7 Å². The van der Waals surface area contributed by atoms with Gasteiger partial charge in [0.2, 0.25) is 0 Å². The van der Waals surface area contributed by atoms with Crippen molar-refractivity contribution < 1.29 is 13.2 Å². The molecule has 0 aliphatic heterocycles. The van der Waals surface area contributed by atoms with Gasteiger partial charge in [-0.15, -0.1) is 0 Å². The van der Waals surface area contributed by atoms with Gasteiger partial charge in [0.05, 0.1) is 6.26 Å². The van der Waals surface area contributed by atoms with Crippen molar-refractivity contribution >= 4 is 0 Å². The average Bonchev–Trinajstić information content (AvgIpc) is 2.86. The fourth-order valence-corrected chi connectivity index (χ4v) is 2.13. The van der Waals surface area contributed by atoms with Crippen LogP contribution in [0.4, 0.5) is 8.78 Å². The van der Waals surface area contributed by atoms with E-state index in [-0.39, 0.29) is 6.04 Å². The lowest BCUT2D eigenvalue weighted by molar-refractivity contribution is 0.459. The summed E-state index contributed by atoms with van der Waals surface area (Å²) in [7, 11) is 1.85. The maximum absolute atomic E-state index is 13.1. The first-order chi connectivity index (χ1) is 9.17. The van der Waals surface area contributed by atoms with Crippen molar-refractivity contribution in [1.29, 1.82) is 0 Å². The summed E-state index contributed by atoms with van der Waals surface area (Å²) in [5.41, 5.74) is 0.663. The van der Waals surface area contributed by atoms with Gasteiger partial charge >= 0.3 is 0 Å². The maximum atomic E-state index is 13.1. The van der Waals surface area contributed by atoms with E-state index in [9.17, 15) is 8.78 Å². The Kier molecular flexibility index (Phi) is 4.68. The third kappa shape index (κ3) is 4.17. The quantitative estimate of drug-likeness (QED) is 0.866. The molecule has 1 atom stereocenters. The summed E-state index contributed by atoms with van der Waals surface area (Å²) >= 11 is 0. The highest BCUT2D eigenvalue weighted by atomic mass is 19.1. The Bertz CT molecular complexity index is 491. The molecule has 0 aliphatic rings. The zero-order valence-electron chi connectivity index (χ0n) is 10.8. The summed E-state index contributed by atoms with van der Waals surface area (Å²) in [6, 6.07) is 7.58. The lowest BCUT2D eigenvalue weighted by Crippen LogP contribution is -2.28. The highest BCUT2D eigenvalue weighted by molar-refractivity contribution is 5.19. The highest BCUT2D eigenvalue weighted by Crippen LogP contribution is 2.13. The minimum atomic E-state index is -0.532. The van der Waals surface area contributed by atoms with E-state index in [1.807, 2.05) is 19.2 Å². The molecule has 19 heavy (non-hydrogen) atoms. The number of hydrogen-bond donors (Lipinski definition) is 1. The topological polar surface area (TPSA) is 25.2 Å². The van der Waals surface area contributed by atoms with Crippen LogP contribution in [-0.2, 0) is 12.8 Å². The van der Waals surface area contributed by atoms with Crippen molar-refractivity contribution in [1.82, 2.24) is 5.32 Å². The number of likely N-dealkylation sites (N-methyl/N-ethyl adjacent to an activating group) is 1. The summed E-state index contributed by atoms with van der Waals surface area (Å²) in [5.74, 6) is -0.141. The number of benzene rings is 1. The molecule has 1 aromatic heterocycles. The second-order valence-corrected chi connectivity index (χ2v) is 4.59. The van der Waals surface area contributed by atoms with Gasteiger partial charge in [0, 0.05) is 18.5 Å². The largest absolute Gasteiger partial charge is 0.469 e. The number of furan rings is 1. The predicted octanol–water partition coefficient (Wildman–Crippen LogP) is 3.32. The molecule has 2 aromatic rings. The monoisotopic (exact) mass is 265 g/mol. The van der Waals surface area contributed by atoms with Gasteiger partial charge in [0.25, 0.3) is 0 Å². The number of nitrogens with one attached hydrogen (secondary N) is 1. The minimum Gasteiger partial charge on any atom is -0.469 e. The van der Waals surface area contributed by atoms with Gasteiger partial charge in [-0.1, -0.05) is 0 Å². The van der Waals surface area contributed by atoms with Crippen LogP contribution in [0, 0.1) is 11.6 Å². The molecule has 2 rings (SSSR count). The lowest BCUT2D eigenvalue weighted by Gasteiger charge is -2.15. The van der Waals surface area contributed by atoms with Crippen LogP contribution in [0.5, 0.6) is 0 Å². The molecular weight excluding hydrogens is 248 g/mol. The van der Waals surface area contributed by atoms with Gasteiger partial charge in [-0.2, -0.15) is 0 Å². The summed E-state index contributed by atoms with van der Waals surface area (Å²) in [5, 5.41) is 3.17. The lowest BCUT2D eigenvalue weighted by atomic mass is 10.0. The first-order valence-electron chi connectivity index (χ1n) is 6.32. The van der Waals surface area contributed by atoms with E-state index in [0.717, 1.165) is 24.7 Å². The minimum absolute atomic E-state index is 0.159. The summed E-state index contributed by atoms with van der Waals surface area (Å²) in [4.78, 5) is 0. The van der Waals surface area contributed by atoms with Gasteiger partial charge in [-0.25, -0.2) is 8.78 Å². The second-order valence-electron chi connectivity index (χ2n) is 4.59. The fraction of sp³-hybridized carbons (Fsp3) is 0.333. The van der Waals surface area contributed by atoms with E-state index in [2.05, 4.69) is 5.32 Å². The van der Waals surface area contributed by atoms with E-state index in [1.165, 1.54) is 12.1 Å². The molecule has 1 unspecified atom stereocenters. The van der Waals surface area contributed by atoms with Crippen molar-refractivity contribution in [3.05, 3.63) is 59.6 Å². The van der Waals surface area contributed by atoms with Crippen LogP contribution in [0.1, 0.15) is 17.7 Å². The van der Waals surface area contributed by atoms with E-state index >= 15 is 0 Å². The molecule has 0 bridgehead atoms. The van der Waals surface area contributed by atoms with Crippen molar-refractivity contribution in [2.75, 3.05) is 7.05 Å². The molecular formula is C15H17F2NO. The molecule has 0 saturated heterocycles. The molecule has 1 heterocycles. The van der Waals surface area contributed by atoms with Crippen LogP contribution in [-0.4, -0.2) is 13.1 Å². The number of hydrogen-bond acceptors (Lipinski definition) is 2. The SMILES string of the molecule is CNC(CCc1ccco1)Cc1cc(F)cc(F)c1. The molecule has 0 spiro atoms. The van der Waals surface area contributed by atoms with Crippen molar-refractivity contribution in [3.8, 4) is 0 Å². The zero-order valence-corrected chi connectivity index (χ0v) is 10.8. The van der Waals surface area contributed by atoms with Crippen LogP contribution < -0.4 is 5.32 Å². The second kappa shape index (κ2) is 6.48. The average molecular weight is 265 g/mol. The molecule has 0 saturated carbocycles. The molecule has 1 aromatic carbocycles. The Labute approximate surface area is 111 Å². The standard InChI is InChI=1S/C15H17F2NO/c1-18-14(4-5-15-3-2-6-19-15)9-11-7-12(16)10-13(17)8-11/h2-3,6-8,10,14,18H,4-5,9H2,1H3. The fourth-order valence-electron chi connectivity index (χ4n) is 2.13. The Morgan fingerprint density at radius 2 is 1.95 bits per heavy atom. The Balaban J connectivity index is 1.94. The normalized spacial score (nSPS) is 12.6.